The summed E-state index contributed by atoms with van der Waals surface area (Å²) in [5.74, 6) is 0.857. The Labute approximate surface area is 115 Å². The summed E-state index contributed by atoms with van der Waals surface area (Å²) in [6.45, 7) is 3.26. The number of hydrogen-bond acceptors (Lipinski definition) is 2. The molecule has 2 aromatic heterocycles. The summed E-state index contributed by atoms with van der Waals surface area (Å²) in [5, 5.41) is 8.08. The van der Waals surface area contributed by atoms with Crippen molar-refractivity contribution in [2.45, 2.75) is 51.6 Å². The standard InChI is InChI=1S/C16H23N3/c1-13(14-7-3-2-4-8-14)17-11-15-12-18-19-10-6-5-9-16(15)19/h5-6,9-10,12-14,17H,2-4,7-8,11H2,1H3. The number of fused-ring (bicyclic) bond motifs is 1. The summed E-state index contributed by atoms with van der Waals surface area (Å²) in [5.41, 5.74) is 2.51. The summed E-state index contributed by atoms with van der Waals surface area (Å²) in [4.78, 5) is 0. The number of rotatable bonds is 4. The van der Waals surface area contributed by atoms with Crippen molar-refractivity contribution in [2.75, 3.05) is 0 Å². The average Bonchev–Trinajstić information content (AvgIpc) is 2.89. The van der Waals surface area contributed by atoms with E-state index in [1.165, 1.54) is 43.2 Å². The van der Waals surface area contributed by atoms with Crippen molar-refractivity contribution in [3.63, 3.8) is 0 Å². The van der Waals surface area contributed by atoms with Crippen molar-refractivity contribution < 1.29 is 0 Å². The van der Waals surface area contributed by atoms with Crippen LogP contribution in [-0.4, -0.2) is 15.7 Å². The van der Waals surface area contributed by atoms with E-state index in [2.05, 4.69) is 29.5 Å². The molecule has 1 aliphatic rings. The normalized spacial score (nSPS) is 18.8. The Kier molecular flexibility index (Phi) is 3.83. The molecule has 0 saturated heterocycles. The lowest BCUT2D eigenvalue weighted by atomic mass is 9.84. The molecule has 0 amide bonds. The molecular formula is C16H23N3. The zero-order valence-electron chi connectivity index (χ0n) is 11.7. The second-order valence-electron chi connectivity index (χ2n) is 5.77. The molecule has 102 valence electrons. The van der Waals surface area contributed by atoms with E-state index in [1.54, 1.807) is 0 Å². The van der Waals surface area contributed by atoms with E-state index in [9.17, 15) is 0 Å². The Bertz CT molecular complexity index is 526. The van der Waals surface area contributed by atoms with Crippen LogP contribution in [0, 0.1) is 5.92 Å². The van der Waals surface area contributed by atoms with E-state index >= 15 is 0 Å². The van der Waals surface area contributed by atoms with E-state index < -0.39 is 0 Å². The first-order chi connectivity index (χ1) is 9.34. The van der Waals surface area contributed by atoms with Crippen LogP contribution in [0.4, 0.5) is 0 Å². The summed E-state index contributed by atoms with van der Waals surface area (Å²) >= 11 is 0. The van der Waals surface area contributed by atoms with Crippen molar-refractivity contribution in [1.82, 2.24) is 14.9 Å². The fourth-order valence-electron chi connectivity index (χ4n) is 3.20. The first-order valence-electron chi connectivity index (χ1n) is 7.49. The van der Waals surface area contributed by atoms with Gasteiger partial charge in [0.15, 0.2) is 0 Å². The molecule has 3 heteroatoms. The van der Waals surface area contributed by atoms with Gasteiger partial charge in [0.05, 0.1) is 11.7 Å². The van der Waals surface area contributed by atoms with Crippen molar-refractivity contribution in [3.8, 4) is 0 Å². The van der Waals surface area contributed by atoms with Gasteiger partial charge in [0.1, 0.15) is 0 Å². The third-order valence-corrected chi connectivity index (χ3v) is 4.48. The fourth-order valence-corrected chi connectivity index (χ4v) is 3.20. The lowest BCUT2D eigenvalue weighted by molar-refractivity contribution is 0.281. The van der Waals surface area contributed by atoms with Gasteiger partial charge in [-0.1, -0.05) is 25.3 Å². The molecule has 0 radical (unpaired) electrons. The Balaban J connectivity index is 1.62. The van der Waals surface area contributed by atoms with Crippen LogP contribution >= 0.6 is 0 Å². The minimum atomic E-state index is 0.610. The van der Waals surface area contributed by atoms with Gasteiger partial charge < -0.3 is 5.32 Å². The molecule has 0 aliphatic heterocycles. The molecule has 0 aromatic carbocycles. The van der Waals surface area contributed by atoms with Gasteiger partial charge in [-0.15, -0.1) is 0 Å². The molecule has 1 atom stereocenters. The monoisotopic (exact) mass is 257 g/mol. The molecule has 3 nitrogen and oxygen atoms in total. The van der Waals surface area contributed by atoms with Crippen LogP contribution in [0.1, 0.15) is 44.6 Å². The van der Waals surface area contributed by atoms with Gasteiger partial charge in [0, 0.05) is 24.3 Å². The van der Waals surface area contributed by atoms with Gasteiger partial charge in [-0.25, -0.2) is 4.52 Å². The number of aromatic nitrogens is 2. The maximum atomic E-state index is 4.39. The van der Waals surface area contributed by atoms with Crippen molar-refractivity contribution >= 4 is 5.52 Å². The average molecular weight is 257 g/mol. The van der Waals surface area contributed by atoms with E-state index in [4.69, 9.17) is 0 Å². The smallest absolute Gasteiger partial charge is 0.0706 e. The zero-order chi connectivity index (χ0) is 13.1. The van der Waals surface area contributed by atoms with Crippen LogP contribution in [0.25, 0.3) is 5.52 Å². The van der Waals surface area contributed by atoms with Gasteiger partial charge in [-0.3, -0.25) is 0 Å². The molecule has 1 saturated carbocycles. The molecule has 2 heterocycles. The lowest BCUT2D eigenvalue weighted by Gasteiger charge is -2.28. The predicted octanol–water partition coefficient (Wildman–Crippen LogP) is 3.39. The van der Waals surface area contributed by atoms with E-state index in [0.717, 1.165) is 12.5 Å². The first kappa shape index (κ1) is 12.7. The number of pyridine rings is 1. The third kappa shape index (κ3) is 2.81. The molecule has 1 unspecified atom stereocenters. The van der Waals surface area contributed by atoms with Crippen LogP contribution in [0.3, 0.4) is 0 Å². The molecule has 1 N–H and O–H groups in total. The maximum Gasteiger partial charge on any atom is 0.0706 e. The van der Waals surface area contributed by atoms with Crippen LogP contribution in [0.2, 0.25) is 0 Å². The molecule has 19 heavy (non-hydrogen) atoms. The molecule has 0 bridgehead atoms. The fraction of sp³-hybridized carbons (Fsp3) is 0.562. The number of hydrogen-bond donors (Lipinski definition) is 1. The highest BCUT2D eigenvalue weighted by Crippen LogP contribution is 2.26. The topological polar surface area (TPSA) is 29.3 Å². The van der Waals surface area contributed by atoms with E-state index in [-0.39, 0.29) is 0 Å². The molecule has 3 rings (SSSR count). The molecule has 0 spiro atoms. The van der Waals surface area contributed by atoms with E-state index in [0.29, 0.717) is 6.04 Å². The van der Waals surface area contributed by atoms with E-state index in [1.807, 2.05) is 23.0 Å². The third-order valence-electron chi connectivity index (χ3n) is 4.48. The molecular weight excluding hydrogens is 234 g/mol. The van der Waals surface area contributed by atoms with Crippen molar-refractivity contribution in [1.29, 1.82) is 0 Å². The summed E-state index contributed by atoms with van der Waals surface area (Å²) in [6.07, 6.45) is 11.0. The highest BCUT2D eigenvalue weighted by atomic mass is 15.2. The van der Waals surface area contributed by atoms with Crippen LogP contribution in [0.15, 0.2) is 30.6 Å². The highest BCUT2D eigenvalue weighted by Gasteiger charge is 2.19. The largest absolute Gasteiger partial charge is 0.310 e. The minimum Gasteiger partial charge on any atom is -0.310 e. The van der Waals surface area contributed by atoms with Gasteiger partial charge in [-0.05, 0) is 37.8 Å². The maximum absolute atomic E-state index is 4.39. The number of nitrogens with zero attached hydrogens (tertiary/aromatic N) is 2. The van der Waals surface area contributed by atoms with Crippen LogP contribution in [0.5, 0.6) is 0 Å². The van der Waals surface area contributed by atoms with Crippen molar-refractivity contribution in [2.24, 2.45) is 5.92 Å². The summed E-state index contributed by atoms with van der Waals surface area (Å²) in [7, 11) is 0. The minimum absolute atomic E-state index is 0.610. The lowest BCUT2D eigenvalue weighted by Crippen LogP contribution is -2.34. The Hall–Kier alpha value is -1.35. The zero-order valence-corrected chi connectivity index (χ0v) is 11.7. The first-order valence-corrected chi connectivity index (χ1v) is 7.49. The molecule has 2 aromatic rings. The Morgan fingerprint density at radius 1 is 1.32 bits per heavy atom. The predicted molar refractivity (Wildman–Crippen MR) is 78.1 cm³/mol. The quantitative estimate of drug-likeness (QED) is 0.909. The van der Waals surface area contributed by atoms with Gasteiger partial charge >= 0.3 is 0 Å². The van der Waals surface area contributed by atoms with Gasteiger partial charge in [-0.2, -0.15) is 5.10 Å². The Morgan fingerprint density at radius 3 is 3.00 bits per heavy atom. The summed E-state index contributed by atoms with van der Waals surface area (Å²) < 4.78 is 1.95. The number of nitrogens with one attached hydrogen (secondary N) is 1. The molecule has 1 fully saturated rings. The van der Waals surface area contributed by atoms with Crippen LogP contribution in [-0.2, 0) is 6.54 Å². The second-order valence-corrected chi connectivity index (χ2v) is 5.77. The van der Waals surface area contributed by atoms with Gasteiger partial charge in [0.25, 0.3) is 0 Å². The second kappa shape index (κ2) is 5.74. The highest BCUT2D eigenvalue weighted by molar-refractivity contribution is 5.53. The van der Waals surface area contributed by atoms with Crippen LogP contribution < -0.4 is 5.32 Å². The van der Waals surface area contributed by atoms with Crippen molar-refractivity contribution in [3.05, 3.63) is 36.2 Å². The summed E-state index contributed by atoms with van der Waals surface area (Å²) in [6, 6.07) is 6.83. The SMILES string of the molecule is CC(NCc1cnn2ccccc12)C1CCCCC1. The molecule has 1 aliphatic carbocycles. The van der Waals surface area contributed by atoms with Gasteiger partial charge in [0.2, 0.25) is 0 Å². The Morgan fingerprint density at radius 2 is 2.16 bits per heavy atom.